The number of hydrogen-bond acceptors (Lipinski definition) is 3. The molecule has 0 aromatic heterocycles. The fourth-order valence-corrected chi connectivity index (χ4v) is 2.28. The summed E-state index contributed by atoms with van der Waals surface area (Å²) < 4.78 is 5.14. The van der Waals surface area contributed by atoms with Crippen LogP contribution in [0.1, 0.15) is 24.8 Å². The number of benzene rings is 1. The summed E-state index contributed by atoms with van der Waals surface area (Å²) in [4.78, 5) is 13.7. The Labute approximate surface area is 139 Å². The normalized spacial score (nSPS) is 13.4. The van der Waals surface area contributed by atoms with Crippen LogP contribution in [0, 0.1) is 5.92 Å². The number of rotatable bonds is 9. The molecule has 1 amide bonds. The average Bonchev–Trinajstić information content (AvgIpc) is 3.32. The summed E-state index contributed by atoms with van der Waals surface area (Å²) in [5, 5.41) is 3.24. The Kier molecular flexibility index (Phi) is 8.28. The van der Waals surface area contributed by atoms with Gasteiger partial charge in [-0.15, -0.1) is 12.4 Å². The van der Waals surface area contributed by atoms with Crippen molar-refractivity contribution < 1.29 is 9.53 Å². The Balaban J connectivity index is 0.00000242. The van der Waals surface area contributed by atoms with Crippen molar-refractivity contribution in [3.63, 3.8) is 0 Å². The van der Waals surface area contributed by atoms with Crippen molar-refractivity contribution in [2.24, 2.45) is 5.92 Å². The van der Waals surface area contributed by atoms with E-state index in [0.29, 0.717) is 6.54 Å². The van der Waals surface area contributed by atoms with E-state index in [9.17, 15) is 4.79 Å². The van der Waals surface area contributed by atoms with Crippen LogP contribution in [0.15, 0.2) is 24.3 Å². The molecule has 0 aliphatic heterocycles. The molecular formula is C17H27ClN2O2. The first-order valence-electron chi connectivity index (χ1n) is 7.76. The van der Waals surface area contributed by atoms with Crippen LogP contribution in [-0.4, -0.2) is 44.6 Å². The van der Waals surface area contributed by atoms with Crippen molar-refractivity contribution in [3.8, 4) is 5.75 Å². The van der Waals surface area contributed by atoms with Gasteiger partial charge in [0.1, 0.15) is 5.75 Å². The molecule has 1 aromatic rings. The van der Waals surface area contributed by atoms with Crippen molar-refractivity contribution in [2.75, 3.05) is 33.8 Å². The van der Waals surface area contributed by atoms with E-state index in [1.54, 1.807) is 7.11 Å². The molecule has 1 aromatic carbocycles. The number of nitrogens with zero attached hydrogens (tertiary/aromatic N) is 1. The quantitative estimate of drug-likeness (QED) is 0.758. The van der Waals surface area contributed by atoms with Gasteiger partial charge in [0.25, 0.3) is 0 Å². The molecule has 1 N–H and O–H groups in total. The van der Waals surface area contributed by atoms with Gasteiger partial charge in [-0.3, -0.25) is 4.79 Å². The zero-order valence-electron chi connectivity index (χ0n) is 13.5. The number of hydrogen-bond donors (Lipinski definition) is 1. The van der Waals surface area contributed by atoms with E-state index in [0.717, 1.165) is 37.6 Å². The summed E-state index contributed by atoms with van der Waals surface area (Å²) in [5.41, 5.74) is 1.28. The Morgan fingerprint density at radius 3 is 2.59 bits per heavy atom. The lowest BCUT2D eigenvalue weighted by atomic mass is 10.1. The molecule has 0 bridgehead atoms. The van der Waals surface area contributed by atoms with Crippen LogP contribution in [0.3, 0.4) is 0 Å². The Hall–Kier alpha value is -1.26. The molecule has 1 aliphatic rings. The molecule has 0 spiro atoms. The number of nitrogens with one attached hydrogen (secondary N) is 1. The predicted octanol–water partition coefficient (Wildman–Crippen LogP) is 2.51. The van der Waals surface area contributed by atoms with E-state index < -0.39 is 0 Å². The van der Waals surface area contributed by atoms with Gasteiger partial charge in [0.15, 0.2) is 0 Å². The van der Waals surface area contributed by atoms with E-state index in [2.05, 4.69) is 17.4 Å². The van der Waals surface area contributed by atoms with Crippen molar-refractivity contribution >= 4 is 18.3 Å². The van der Waals surface area contributed by atoms with E-state index in [1.807, 2.05) is 24.1 Å². The maximum absolute atomic E-state index is 11.9. The van der Waals surface area contributed by atoms with Gasteiger partial charge in [0.05, 0.1) is 13.7 Å². The third kappa shape index (κ3) is 6.67. The first-order valence-corrected chi connectivity index (χ1v) is 7.76. The summed E-state index contributed by atoms with van der Waals surface area (Å²) in [7, 11) is 3.56. The van der Waals surface area contributed by atoms with Crippen LogP contribution in [0.2, 0.25) is 0 Å². The van der Waals surface area contributed by atoms with Gasteiger partial charge in [-0.25, -0.2) is 0 Å². The molecule has 1 fully saturated rings. The average molecular weight is 327 g/mol. The number of ether oxygens (including phenoxy) is 1. The smallest absolute Gasteiger partial charge is 0.236 e. The molecule has 2 rings (SSSR count). The third-order valence-corrected chi connectivity index (χ3v) is 3.95. The van der Waals surface area contributed by atoms with Gasteiger partial charge in [0, 0.05) is 13.6 Å². The minimum atomic E-state index is 0. The topological polar surface area (TPSA) is 41.6 Å². The lowest BCUT2D eigenvalue weighted by molar-refractivity contribution is -0.129. The zero-order chi connectivity index (χ0) is 15.1. The molecule has 0 unspecified atom stereocenters. The highest BCUT2D eigenvalue weighted by molar-refractivity contribution is 5.85. The summed E-state index contributed by atoms with van der Waals surface area (Å²) in [6.45, 7) is 2.26. The second kappa shape index (κ2) is 9.70. The molecule has 0 radical (unpaired) electrons. The molecular weight excluding hydrogens is 300 g/mol. The van der Waals surface area contributed by atoms with E-state index >= 15 is 0 Å². The SMILES string of the molecule is COc1ccc(CCCN(C)C(=O)CNCC2CC2)cc1.Cl. The Morgan fingerprint density at radius 1 is 1.32 bits per heavy atom. The van der Waals surface area contributed by atoms with Crippen LogP contribution < -0.4 is 10.1 Å². The van der Waals surface area contributed by atoms with E-state index in [4.69, 9.17) is 4.74 Å². The maximum Gasteiger partial charge on any atom is 0.236 e. The summed E-state index contributed by atoms with van der Waals surface area (Å²) in [5.74, 6) is 1.89. The van der Waals surface area contributed by atoms with Gasteiger partial charge in [-0.1, -0.05) is 12.1 Å². The molecule has 5 heteroatoms. The number of halogens is 1. The lowest BCUT2D eigenvalue weighted by Crippen LogP contribution is -2.36. The molecule has 22 heavy (non-hydrogen) atoms. The number of methoxy groups -OCH3 is 1. The third-order valence-electron chi connectivity index (χ3n) is 3.95. The lowest BCUT2D eigenvalue weighted by Gasteiger charge is -2.17. The first kappa shape index (κ1) is 18.8. The fraction of sp³-hybridized carbons (Fsp3) is 0.588. The highest BCUT2D eigenvalue weighted by atomic mass is 35.5. The van der Waals surface area contributed by atoms with Crippen LogP contribution in [0.5, 0.6) is 5.75 Å². The van der Waals surface area contributed by atoms with Gasteiger partial charge >= 0.3 is 0 Å². The van der Waals surface area contributed by atoms with Crippen molar-refractivity contribution in [1.29, 1.82) is 0 Å². The predicted molar refractivity (Wildman–Crippen MR) is 91.8 cm³/mol. The largest absolute Gasteiger partial charge is 0.497 e. The molecule has 0 atom stereocenters. The Morgan fingerprint density at radius 2 is 2.00 bits per heavy atom. The highest BCUT2D eigenvalue weighted by Gasteiger charge is 2.20. The molecule has 1 aliphatic carbocycles. The molecule has 0 heterocycles. The van der Waals surface area contributed by atoms with Gasteiger partial charge < -0.3 is 15.0 Å². The van der Waals surface area contributed by atoms with Gasteiger partial charge in [-0.2, -0.15) is 0 Å². The van der Waals surface area contributed by atoms with E-state index in [1.165, 1.54) is 18.4 Å². The maximum atomic E-state index is 11.9. The van der Waals surface area contributed by atoms with Crippen molar-refractivity contribution in [2.45, 2.75) is 25.7 Å². The first-order chi connectivity index (χ1) is 10.2. The zero-order valence-corrected chi connectivity index (χ0v) is 14.3. The standard InChI is InChI=1S/C17H26N2O2.ClH/c1-19(17(20)13-18-12-15-5-6-15)11-3-4-14-7-9-16(21-2)10-8-14;/h7-10,15,18H,3-6,11-13H2,1-2H3;1H. The molecule has 4 nitrogen and oxygen atoms in total. The summed E-state index contributed by atoms with van der Waals surface area (Å²) >= 11 is 0. The van der Waals surface area contributed by atoms with E-state index in [-0.39, 0.29) is 18.3 Å². The second-order valence-corrected chi connectivity index (χ2v) is 5.84. The molecule has 124 valence electrons. The minimum absolute atomic E-state index is 0. The number of carbonyl (C=O) groups is 1. The Bertz CT molecular complexity index is 446. The van der Waals surface area contributed by atoms with Crippen LogP contribution >= 0.6 is 12.4 Å². The van der Waals surface area contributed by atoms with Crippen LogP contribution in [-0.2, 0) is 11.2 Å². The van der Waals surface area contributed by atoms with Gasteiger partial charge in [-0.05, 0) is 55.8 Å². The summed E-state index contributed by atoms with van der Waals surface area (Å²) in [6, 6.07) is 8.12. The number of aryl methyl sites for hydroxylation is 1. The molecule has 0 saturated heterocycles. The monoisotopic (exact) mass is 326 g/mol. The van der Waals surface area contributed by atoms with Crippen molar-refractivity contribution in [1.82, 2.24) is 10.2 Å². The summed E-state index contributed by atoms with van der Waals surface area (Å²) in [6.07, 6.45) is 4.60. The number of likely N-dealkylation sites (N-methyl/N-ethyl adjacent to an activating group) is 1. The number of carbonyl (C=O) groups excluding carboxylic acids is 1. The van der Waals surface area contributed by atoms with Crippen LogP contribution in [0.4, 0.5) is 0 Å². The fourth-order valence-electron chi connectivity index (χ4n) is 2.28. The highest BCUT2D eigenvalue weighted by Crippen LogP contribution is 2.27. The van der Waals surface area contributed by atoms with Crippen molar-refractivity contribution in [3.05, 3.63) is 29.8 Å². The second-order valence-electron chi connectivity index (χ2n) is 5.84. The molecule has 1 saturated carbocycles. The van der Waals surface area contributed by atoms with Crippen LogP contribution in [0.25, 0.3) is 0 Å². The minimum Gasteiger partial charge on any atom is -0.497 e. The van der Waals surface area contributed by atoms with Gasteiger partial charge in [0.2, 0.25) is 5.91 Å². The number of amides is 1.